The Morgan fingerprint density at radius 1 is 0.271 bits per heavy atom. The van der Waals surface area contributed by atoms with Crippen LogP contribution < -0.4 is 29.4 Å². The minimum absolute atomic E-state index is 0. The third kappa shape index (κ3) is 53.8. The minimum atomic E-state index is 0. The lowest BCUT2D eigenvalue weighted by Crippen LogP contribution is -3.00. The zero-order chi connectivity index (χ0) is 41.4. The number of hydrogen-bond donors (Lipinski definition) is 0. The van der Waals surface area contributed by atoms with Crippen molar-refractivity contribution in [3.8, 4) is 0 Å². The third-order valence-corrected chi connectivity index (χ3v) is 12.8. The van der Waals surface area contributed by atoms with Gasteiger partial charge in [-0.05, 0) is 32.1 Å². The Balaban J connectivity index is -0.00000113. The molecule has 1 heterocycles. The highest BCUT2D eigenvalue weighted by molar-refractivity contribution is 4.83. The molecular weight excluding hydrogens is 760 g/mol. The number of halogens is 2. The smallest absolute Gasteiger partial charge is 0.168 e. The van der Waals surface area contributed by atoms with Crippen LogP contribution in [0.2, 0.25) is 0 Å². The van der Waals surface area contributed by atoms with Crippen molar-refractivity contribution in [1.82, 2.24) is 0 Å². The molecule has 0 saturated carbocycles. The number of rotatable bonds is 45. The van der Waals surface area contributed by atoms with Crippen molar-refractivity contribution in [1.29, 1.82) is 0 Å². The Hall–Kier alpha value is -0.310. The van der Waals surface area contributed by atoms with Crippen molar-refractivity contribution in [2.45, 2.75) is 297 Å². The van der Waals surface area contributed by atoms with Crippen LogP contribution in [0.4, 0.5) is 0 Å². The molecule has 2 nitrogen and oxygen atoms in total. The molecule has 0 radical (unpaired) electrons. The second-order valence-corrected chi connectivity index (χ2v) is 19.3. The van der Waals surface area contributed by atoms with E-state index in [4.69, 9.17) is 0 Å². The van der Waals surface area contributed by atoms with Crippen LogP contribution in [0.25, 0.3) is 0 Å². The van der Waals surface area contributed by atoms with E-state index in [2.05, 4.69) is 70.0 Å². The van der Waals surface area contributed by atoms with Gasteiger partial charge in [0.15, 0.2) is 12.4 Å². The first-order chi connectivity index (χ1) is 28.1. The molecule has 1 aromatic rings. The summed E-state index contributed by atoms with van der Waals surface area (Å²) in [5.41, 5.74) is 0. The van der Waals surface area contributed by atoms with Crippen LogP contribution in [0.1, 0.15) is 290 Å². The molecule has 0 bridgehead atoms. The van der Waals surface area contributed by atoms with Crippen LogP contribution >= 0.6 is 0 Å². The first kappa shape index (κ1) is 63.0. The van der Waals surface area contributed by atoms with Crippen LogP contribution in [-0.4, -0.2) is 31.7 Å². The summed E-state index contributed by atoms with van der Waals surface area (Å²) in [7, 11) is 4.93. The van der Waals surface area contributed by atoms with Gasteiger partial charge in [0, 0.05) is 18.6 Å². The van der Waals surface area contributed by atoms with Crippen LogP contribution in [0, 0.1) is 0 Å². The summed E-state index contributed by atoms with van der Waals surface area (Å²) in [6.45, 7) is 10.9. The average molecular weight is 870 g/mol. The van der Waals surface area contributed by atoms with E-state index < -0.39 is 0 Å². The average Bonchev–Trinajstić information content (AvgIpc) is 3.22. The second-order valence-electron chi connectivity index (χ2n) is 19.3. The molecular formula is C55H110Cl2N2. The molecule has 0 fully saturated rings. The maximum Gasteiger partial charge on any atom is 0.168 e. The van der Waals surface area contributed by atoms with Crippen LogP contribution in [0.15, 0.2) is 30.6 Å². The van der Waals surface area contributed by atoms with Crippen molar-refractivity contribution in [2.24, 2.45) is 0 Å². The molecule has 0 unspecified atom stereocenters. The standard InChI is InChI=1S/C34H72N.C21H38N.2ClH/c1-5-7-9-11-13-15-17-19-21-23-25-27-29-31-33-35(3,4)34-32-30-28-26-24-22-20-18-16-14-12-10-8-6-2;1-2-3-4-5-6-7-8-9-10-11-12-13-14-16-19-22-20-17-15-18-21-22;;/h5-34H2,1-4H3;15,17-18,20-21H,2-14,16,19H2,1H3;2*1H/q2*+1;;/p-2. The van der Waals surface area contributed by atoms with Crippen LogP contribution in [0.5, 0.6) is 0 Å². The van der Waals surface area contributed by atoms with Crippen molar-refractivity contribution in [2.75, 3.05) is 27.2 Å². The Morgan fingerprint density at radius 2 is 0.475 bits per heavy atom. The number of unbranched alkanes of at least 4 members (excludes halogenated alkanes) is 39. The predicted octanol–water partition coefficient (Wildman–Crippen LogP) is 12.5. The molecule has 0 saturated heterocycles. The number of nitrogens with zero attached hydrogens (tertiary/aromatic N) is 2. The molecule has 0 spiro atoms. The summed E-state index contributed by atoms with van der Waals surface area (Å²) in [6, 6.07) is 6.31. The Kier molecular flexibility index (Phi) is 57.5. The SMILES string of the molecule is CCCCCCCCCCCCCCCC[N+](C)(C)CCCCCCCCCCCCCCCC.CCCCCCCCCCCCCCCC[n+]1ccccc1.[Cl-].[Cl-]. The third-order valence-electron chi connectivity index (χ3n) is 12.8. The zero-order valence-electron chi connectivity index (χ0n) is 41.4. The second kappa shape index (κ2) is 53.8. The fourth-order valence-corrected chi connectivity index (χ4v) is 8.65. The van der Waals surface area contributed by atoms with E-state index in [0.29, 0.717) is 0 Å². The highest BCUT2D eigenvalue weighted by atomic mass is 35.5. The normalized spacial score (nSPS) is 11.2. The van der Waals surface area contributed by atoms with Gasteiger partial charge >= 0.3 is 0 Å². The lowest BCUT2D eigenvalue weighted by Gasteiger charge is -2.30. The molecule has 59 heavy (non-hydrogen) atoms. The monoisotopic (exact) mass is 869 g/mol. The minimum Gasteiger partial charge on any atom is -1.00 e. The molecule has 0 atom stereocenters. The van der Waals surface area contributed by atoms with Gasteiger partial charge in [-0.1, -0.05) is 258 Å². The molecule has 0 aliphatic heterocycles. The van der Waals surface area contributed by atoms with Gasteiger partial charge in [0.2, 0.25) is 0 Å². The predicted molar refractivity (Wildman–Crippen MR) is 259 cm³/mol. The first-order valence-corrected chi connectivity index (χ1v) is 26.8. The van der Waals surface area contributed by atoms with Crippen molar-refractivity contribution in [3.63, 3.8) is 0 Å². The van der Waals surface area contributed by atoms with E-state index in [1.807, 2.05) is 0 Å². The number of hydrogen-bond acceptors (Lipinski definition) is 0. The topological polar surface area (TPSA) is 3.88 Å². The van der Waals surface area contributed by atoms with Crippen molar-refractivity contribution >= 4 is 0 Å². The number of pyridine rings is 1. The van der Waals surface area contributed by atoms with Crippen molar-refractivity contribution in [3.05, 3.63) is 30.6 Å². The van der Waals surface area contributed by atoms with Gasteiger partial charge in [-0.3, -0.25) is 0 Å². The van der Waals surface area contributed by atoms with E-state index in [9.17, 15) is 0 Å². The Bertz CT molecular complexity index is 813. The summed E-state index contributed by atoms with van der Waals surface area (Å²) >= 11 is 0. The van der Waals surface area contributed by atoms with Gasteiger partial charge in [0.05, 0.1) is 27.2 Å². The van der Waals surface area contributed by atoms with Crippen LogP contribution in [-0.2, 0) is 6.54 Å². The molecule has 1 rings (SSSR count). The highest BCUT2D eigenvalue weighted by Crippen LogP contribution is 2.17. The molecule has 0 aliphatic rings. The van der Waals surface area contributed by atoms with Gasteiger partial charge in [-0.2, -0.15) is 0 Å². The van der Waals surface area contributed by atoms with Gasteiger partial charge in [0.1, 0.15) is 6.54 Å². The van der Waals surface area contributed by atoms with Crippen molar-refractivity contribution < 1.29 is 33.9 Å². The molecule has 1 aromatic heterocycles. The van der Waals surface area contributed by atoms with E-state index in [-0.39, 0.29) is 24.8 Å². The van der Waals surface area contributed by atoms with Crippen LogP contribution in [0.3, 0.4) is 0 Å². The van der Waals surface area contributed by atoms with E-state index in [1.54, 1.807) is 0 Å². The summed E-state index contributed by atoms with van der Waals surface area (Å²) in [5, 5.41) is 0. The molecule has 0 aromatic carbocycles. The van der Waals surface area contributed by atoms with Gasteiger partial charge in [-0.15, -0.1) is 0 Å². The maximum atomic E-state index is 2.46. The largest absolute Gasteiger partial charge is 1.00 e. The summed E-state index contributed by atoms with van der Waals surface area (Å²) < 4.78 is 3.54. The van der Waals surface area contributed by atoms with E-state index in [1.165, 1.54) is 294 Å². The highest BCUT2D eigenvalue weighted by Gasteiger charge is 2.13. The molecule has 0 N–H and O–H groups in total. The Morgan fingerprint density at radius 3 is 0.712 bits per heavy atom. The fraction of sp³-hybridized carbons (Fsp3) is 0.909. The number of aromatic nitrogens is 1. The van der Waals surface area contributed by atoms with E-state index >= 15 is 0 Å². The van der Waals surface area contributed by atoms with Gasteiger partial charge < -0.3 is 29.3 Å². The molecule has 354 valence electrons. The molecule has 4 heteroatoms. The summed E-state index contributed by atoms with van der Waals surface area (Å²) in [6.07, 6.45) is 65.4. The number of quaternary nitrogens is 1. The summed E-state index contributed by atoms with van der Waals surface area (Å²) in [4.78, 5) is 0. The number of aryl methyl sites for hydroxylation is 1. The zero-order valence-corrected chi connectivity index (χ0v) is 42.9. The lowest BCUT2D eigenvalue weighted by atomic mass is 10.0. The maximum absolute atomic E-state index is 2.46. The molecule has 0 aliphatic carbocycles. The quantitative estimate of drug-likeness (QED) is 0.0349. The fourth-order valence-electron chi connectivity index (χ4n) is 8.65. The van der Waals surface area contributed by atoms with Gasteiger partial charge in [-0.25, -0.2) is 4.57 Å². The molecule has 0 amide bonds. The van der Waals surface area contributed by atoms with E-state index in [0.717, 1.165) is 0 Å². The lowest BCUT2D eigenvalue weighted by molar-refractivity contribution is -0.890. The Labute approximate surface area is 386 Å². The summed E-state index contributed by atoms with van der Waals surface area (Å²) in [5.74, 6) is 0. The first-order valence-electron chi connectivity index (χ1n) is 26.8. The van der Waals surface area contributed by atoms with Gasteiger partial charge in [0.25, 0.3) is 0 Å².